The molecule has 0 unspecified atom stereocenters. The molecule has 0 spiro atoms. The maximum atomic E-state index is 13.9. The van der Waals surface area contributed by atoms with Crippen LogP contribution in [0.15, 0.2) is 48.7 Å². The number of carbonyl (C=O) groups excluding carboxylic acids is 1. The molecule has 0 atom stereocenters. The normalized spacial score (nSPS) is 10.8. The van der Waals surface area contributed by atoms with Crippen molar-refractivity contribution in [3.05, 3.63) is 71.2 Å². The summed E-state index contributed by atoms with van der Waals surface area (Å²) in [5.74, 6) is -0.773. The molecule has 0 aliphatic heterocycles. The van der Waals surface area contributed by atoms with Crippen LogP contribution in [0.2, 0.25) is 0 Å². The van der Waals surface area contributed by atoms with Gasteiger partial charge < -0.3 is 4.98 Å². The quantitative estimate of drug-likeness (QED) is 0.691. The van der Waals surface area contributed by atoms with E-state index >= 15 is 0 Å². The van der Waals surface area contributed by atoms with Crippen LogP contribution in [-0.4, -0.2) is 10.8 Å². The minimum absolute atomic E-state index is 0.107. The molecule has 0 bridgehead atoms. The zero-order chi connectivity index (χ0) is 13.4. The van der Waals surface area contributed by atoms with Crippen LogP contribution >= 0.6 is 0 Å². The van der Waals surface area contributed by atoms with Gasteiger partial charge in [0.05, 0.1) is 5.56 Å². The van der Waals surface area contributed by atoms with E-state index in [-0.39, 0.29) is 11.3 Å². The Bertz CT molecular complexity index is 773. The molecule has 19 heavy (non-hydrogen) atoms. The standard InChI is InChI=1S/C16H12FNO/c1-10-6-7-12(14(17)8-10)16(19)13-9-18-15-5-3-2-4-11(13)15/h2-9,18H,1H3. The lowest BCUT2D eigenvalue weighted by molar-refractivity contribution is 0.103. The lowest BCUT2D eigenvalue weighted by Crippen LogP contribution is -2.03. The molecule has 0 radical (unpaired) electrons. The third-order valence-electron chi connectivity index (χ3n) is 3.20. The molecular formula is C16H12FNO. The third-order valence-corrected chi connectivity index (χ3v) is 3.20. The zero-order valence-corrected chi connectivity index (χ0v) is 10.4. The predicted molar refractivity (Wildman–Crippen MR) is 72.9 cm³/mol. The van der Waals surface area contributed by atoms with Crippen molar-refractivity contribution in [1.29, 1.82) is 0 Å². The largest absolute Gasteiger partial charge is 0.360 e. The van der Waals surface area contributed by atoms with E-state index in [9.17, 15) is 9.18 Å². The van der Waals surface area contributed by atoms with E-state index in [4.69, 9.17) is 0 Å². The summed E-state index contributed by atoms with van der Waals surface area (Å²) >= 11 is 0. The van der Waals surface area contributed by atoms with E-state index in [1.165, 1.54) is 12.1 Å². The smallest absolute Gasteiger partial charge is 0.198 e. The molecule has 0 amide bonds. The minimum Gasteiger partial charge on any atom is -0.360 e. The maximum absolute atomic E-state index is 13.9. The number of para-hydroxylation sites is 1. The highest BCUT2D eigenvalue weighted by atomic mass is 19.1. The van der Waals surface area contributed by atoms with Gasteiger partial charge in [0.2, 0.25) is 0 Å². The summed E-state index contributed by atoms with van der Waals surface area (Å²) in [6.07, 6.45) is 1.63. The van der Waals surface area contributed by atoms with Crippen molar-refractivity contribution in [3.63, 3.8) is 0 Å². The van der Waals surface area contributed by atoms with Gasteiger partial charge in [-0.15, -0.1) is 0 Å². The number of carbonyl (C=O) groups is 1. The number of fused-ring (bicyclic) bond motifs is 1. The molecule has 3 rings (SSSR count). The van der Waals surface area contributed by atoms with Crippen LogP contribution in [0.1, 0.15) is 21.5 Å². The first kappa shape index (κ1) is 11.7. The molecule has 1 N–H and O–H groups in total. The Morgan fingerprint density at radius 3 is 2.68 bits per heavy atom. The predicted octanol–water partition coefficient (Wildman–Crippen LogP) is 3.85. The van der Waals surface area contributed by atoms with Gasteiger partial charge in [0.15, 0.2) is 5.78 Å². The average Bonchev–Trinajstić information content (AvgIpc) is 2.82. The number of aryl methyl sites for hydroxylation is 1. The number of aromatic amines is 1. The van der Waals surface area contributed by atoms with Crippen LogP contribution < -0.4 is 0 Å². The van der Waals surface area contributed by atoms with Gasteiger partial charge in [0.1, 0.15) is 5.82 Å². The molecule has 0 aliphatic carbocycles. The SMILES string of the molecule is Cc1ccc(C(=O)c2c[nH]c3ccccc23)c(F)c1. The summed E-state index contributed by atoms with van der Waals surface area (Å²) in [7, 11) is 0. The number of H-pyrrole nitrogens is 1. The number of benzene rings is 2. The second-order valence-corrected chi connectivity index (χ2v) is 4.56. The number of hydrogen-bond donors (Lipinski definition) is 1. The van der Waals surface area contributed by atoms with Crippen molar-refractivity contribution >= 4 is 16.7 Å². The summed E-state index contributed by atoms with van der Waals surface area (Å²) in [5.41, 5.74) is 2.28. The molecule has 1 heterocycles. The average molecular weight is 253 g/mol. The highest BCUT2D eigenvalue weighted by molar-refractivity contribution is 6.16. The van der Waals surface area contributed by atoms with Crippen molar-refractivity contribution < 1.29 is 9.18 Å². The Balaban J connectivity index is 2.13. The number of hydrogen-bond acceptors (Lipinski definition) is 1. The fraction of sp³-hybridized carbons (Fsp3) is 0.0625. The summed E-state index contributed by atoms with van der Waals surface area (Å²) in [6, 6.07) is 12.1. The van der Waals surface area contributed by atoms with E-state index < -0.39 is 5.82 Å². The summed E-state index contributed by atoms with van der Waals surface area (Å²) in [6.45, 7) is 1.79. The van der Waals surface area contributed by atoms with E-state index in [1.54, 1.807) is 19.2 Å². The molecule has 2 aromatic carbocycles. The number of ketones is 1. The first-order valence-electron chi connectivity index (χ1n) is 6.04. The Morgan fingerprint density at radius 1 is 1.11 bits per heavy atom. The van der Waals surface area contributed by atoms with E-state index in [0.717, 1.165) is 16.5 Å². The monoisotopic (exact) mass is 253 g/mol. The lowest BCUT2D eigenvalue weighted by Gasteiger charge is -2.02. The van der Waals surface area contributed by atoms with Crippen molar-refractivity contribution in [2.24, 2.45) is 0 Å². The van der Waals surface area contributed by atoms with Crippen molar-refractivity contribution in [2.75, 3.05) is 0 Å². The first-order chi connectivity index (χ1) is 9.16. The van der Waals surface area contributed by atoms with Gasteiger partial charge >= 0.3 is 0 Å². The topological polar surface area (TPSA) is 32.9 Å². The van der Waals surface area contributed by atoms with Gasteiger partial charge in [-0.05, 0) is 30.7 Å². The Labute approximate surface area is 109 Å². The van der Waals surface area contributed by atoms with Crippen molar-refractivity contribution in [3.8, 4) is 0 Å². The van der Waals surface area contributed by atoms with Gasteiger partial charge in [-0.25, -0.2) is 4.39 Å². The van der Waals surface area contributed by atoms with Gasteiger partial charge in [-0.1, -0.05) is 24.3 Å². The fourth-order valence-corrected chi connectivity index (χ4v) is 2.21. The Morgan fingerprint density at radius 2 is 1.89 bits per heavy atom. The summed E-state index contributed by atoms with van der Waals surface area (Å²) in [5, 5.41) is 0.812. The highest BCUT2D eigenvalue weighted by Crippen LogP contribution is 2.22. The zero-order valence-electron chi connectivity index (χ0n) is 10.4. The van der Waals surface area contributed by atoms with Crippen LogP contribution in [0.25, 0.3) is 10.9 Å². The fourth-order valence-electron chi connectivity index (χ4n) is 2.21. The molecule has 0 aliphatic rings. The van der Waals surface area contributed by atoms with Crippen LogP contribution in [-0.2, 0) is 0 Å². The minimum atomic E-state index is -0.477. The van der Waals surface area contributed by atoms with Gasteiger partial charge in [0, 0.05) is 22.7 Å². The third kappa shape index (κ3) is 1.93. The molecule has 1 aromatic heterocycles. The van der Waals surface area contributed by atoms with Gasteiger partial charge in [-0.3, -0.25) is 4.79 Å². The molecule has 2 nitrogen and oxygen atoms in total. The van der Waals surface area contributed by atoms with Gasteiger partial charge in [0.25, 0.3) is 0 Å². The van der Waals surface area contributed by atoms with E-state index in [2.05, 4.69) is 4.98 Å². The second-order valence-electron chi connectivity index (χ2n) is 4.56. The van der Waals surface area contributed by atoms with Crippen molar-refractivity contribution in [1.82, 2.24) is 4.98 Å². The summed E-state index contributed by atoms with van der Waals surface area (Å²) in [4.78, 5) is 15.4. The molecule has 0 fully saturated rings. The van der Waals surface area contributed by atoms with Crippen LogP contribution in [0.5, 0.6) is 0 Å². The maximum Gasteiger partial charge on any atom is 0.198 e. The number of rotatable bonds is 2. The van der Waals surface area contributed by atoms with Crippen molar-refractivity contribution in [2.45, 2.75) is 6.92 Å². The number of aromatic nitrogens is 1. The second kappa shape index (κ2) is 4.35. The molecule has 94 valence electrons. The number of halogens is 1. The molecule has 0 saturated heterocycles. The number of nitrogens with one attached hydrogen (secondary N) is 1. The molecular weight excluding hydrogens is 241 g/mol. The summed E-state index contributed by atoms with van der Waals surface area (Å²) < 4.78 is 13.9. The van der Waals surface area contributed by atoms with Gasteiger partial charge in [-0.2, -0.15) is 0 Å². The lowest BCUT2D eigenvalue weighted by atomic mass is 10.0. The van der Waals surface area contributed by atoms with Crippen LogP contribution in [0, 0.1) is 12.7 Å². The molecule has 0 saturated carbocycles. The Hall–Kier alpha value is -2.42. The van der Waals surface area contributed by atoms with E-state index in [0.29, 0.717) is 5.56 Å². The molecule has 3 heteroatoms. The molecule has 3 aromatic rings. The van der Waals surface area contributed by atoms with Crippen LogP contribution in [0.3, 0.4) is 0 Å². The van der Waals surface area contributed by atoms with Crippen LogP contribution in [0.4, 0.5) is 4.39 Å². The van der Waals surface area contributed by atoms with E-state index in [1.807, 2.05) is 24.3 Å². The first-order valence-corrected chi connectivity index (χ1v) is 6.04. The Kier molecular flexibility index (Phi) is 2.67. The highest BCUT2D eigenvalue weighted by Gasteiger charge is 2.17.